The van der Waals surface area contributed by atoms with Gasteiger partial charge in [-0.25, -0.2) is 9.18 Å². The first-order chi connectivity index (χ1) is 18.9. The van der Waals surface area contributed by atoms with Gasteiger partial charge in [-0.05, 0) is 32.9 Å². The summed E-state index contributed by atoms with van der Waals surface area (Å²) >= 11 is 0. The van der Waals surface area contributed by atoms with E-state index in [1.807, 2.05) is 10.6 Å². The minimum atomic E-state index is -4.60. The van der Waals surface area contributed by atoms with E-state index < -0.39 is 112 Å². The lowest BCUT2D eigenvalue weighted by Crippen LogP contribution is -2.68. The molecule has 1 saturated carbocycles. The van der Waals surface area contributed by atoms with Crippen LogP contribution in [0.25, 0.3) is 5.76 Å². The Morgan fingerprint density at radius 1 is 1.20 bits per heavy atom. The molecular formula is C25H27F4N4O8+. The van der Waals surface area contributed by atoms with Gasteiger partial charge < -0.3 is 31.1 Å². The molecule has 41 heavy (non-hydrogen) atoms. The standard InChI is InChI=1S/C25H26F4N4O8/c1-33(2)17-10-4-8-3-9-11(26)5-12(32-13(34)6-31-7-24(27,28)29)18(35)15(9)19(36)14(8)21(38)25(10,41)22(39)16(20(17)37)23(30)40/h5,8,10,17,31,35-36,39,41H,3-4,6-7H2,1-2H3,(H2,30,40)(H,32,34)/p+1/t8-,10-,17-,25-/m0/s1. The summed E-state index contributed by atoms with van der Waals surface area (Å²) in [7, 11) is 2.90. The molecule has 0 bridgehead atoms. The molecule has 4 rings (SSSR count). The molecule has 0 aliphatic heterocycles. The Morgan fingerprint density at radius 2 is 1.83 bits per heavy atom. The van der Waals surface area contributed by atoms with Gasteiger partial charge in [0.05, 0.1) is 30.4 Å². The number of carbonyl (C=O) groups is 4. The number of likely N-dealkylation sites (N-methyl/N-ethyl adjacent to an activating group) is 1. The van der Waals surface area contributed by atoms with Crippen LogP contribution in [-0.2, 0) is 25.6 Å². The highest BCUT2D eigenvalue weighted by atomic mass is 19.4. The minimum Gasteiger partial charge on any atom is -0.508 e. The Balaban J connectivity index is 1.79. The van der Waals surface area contributed by atoms with Gasteiger partial charge in [0.25, 0.3) is 0 Å². The maximum Gasteiger partial charge on any atom is 0.401 e. The van der Waals surface area contributed by atoms with Crippen LogP contribution in [0.3, 0.4) is 0 Å². The highest BCUT2D eigenvalue weighted by molar-refractivity contribution is 6.22. The molecule has 0 aromatic heterocycles. The van der Waals surface area contributed by atoms with E-state index in [0.29, 0.717) is 6.07 Å². The van der Waals surface area contributed by atoms with Crippen LogP contribution in [0.1, 0.15) is 17.5 Å². The van der Waals surface area contributed by atoms with E-state index >= 15 is 4.39 Å². The Kier molecular flexibility index (Phi) is 7.49. The first-order valence-corrected chi connectivity index (χ1v) is 12.2. The molecule has 3 aliphatic carbocycles. The smallest absolute Gasteiger partial charge is 0.401 e. The third-order valence-corrected chi connectivity index (χ3v) is 7.58. The molecule has 0 unspecified atom stereocenters. The second-order valence-electron chi connectivity index (χ2n) is 10.4. The number of amides is 2. The number of aliphatic hydroxyl groups excluding tert-OH is 2. The third kappa shape index (κ3) is 4.86. The van der Waals surface area contributed by atoms with Crippen LogP contribution in [0.5, 0.6) is 5.75 Å². The number of carbonyl (C=O) groups excluding carboxylic acids is 4. The van der Waals surface area contributed by atoms with E-state index in [-0.39, 0.29) is 18.4 Å². The summed E-state index contributed by atoms with van der Waals surface area (Å²) in [6.45, 7) is -2.35. The van der Waals surface area contributed by atoms with Crippen molar-refractivity contribution in [2.75, 3.05) is 32.5 Å². The molecule has 2 amide bonds. The van der Waals surface area contributed by atoms with Crippen molar-refractivity contribution in [1.29, 1.82) is 0 Å². The number of hydrogen-bond acceptors (Lipinski definition) is 10. The lowest BCUT2D eigenvalue weighted by Gasteiger charge is -2.50. The predicted octanol–water partition coefficient (Wildman–Crippen LogP) is -0.523. The van der Waals surface area contributed by atoms with E-state index in [4.69, 9.17) is 0 Å². The van der Waals surface area contributed by atoms with Crippen molar-refractivity contribution in [2.45, 2.75) is 30.7 Å². The largest absolute Gasteiger partial charge is 0.508 e. The highest BCUT2D eigenvalue weighted by Gasteiger charge is 2.64. The third-order valence-electron chi connectivity index (χ3n) is 7.58. The number of benzene rings is 1. The SMILES string of the molecule is CN(C)[C@@H]1C(=O)C(C([NH3+])=O)=C(O)[C@@]2(O)C(=O)C3=C(O)c4c(O)c(NC(=O)CNCC(F)(F)F)cc(F)c4C[C@H]3C[C@@H]12. The number of Topliss-reactive ketones (excluding diaryl/α,β-unsaturated/α-hetero) is 2. The molecule has 0 spiro atoms. The normalized spacial score (nSPS) is 26.1. The summed E-state index contributed by atoms with van der Waals surface area (Å²) in [5.74, 6) is -10.9. The van der Waals surface area contributed by atoms with Gasteiger partial charge in [-0.2, -0.15) is 13.2 Å². The van der Waals surface area contributed by atoms with Crippen molar-refractivity contribution in [1.82, 2.24) is 10.2 Å². The molecule has 1 aromatic rings. The molecule has 4 atom stereocenters. The maximum atomic E-state index is 15.2. The fraction of sp³-hybridized carbons (Fsp3) is 0.440. The predicted molar refractivity (Wildman–Crippen MR) is 130 cm³/mol. The van der Waals surface area contributed by atoms with Crippen molar-refractivity contribution < 1.29 is 62.9 Å². The number of halogens is 4. The number of phenols is 1. The number of hydrogen-bond donors (Lipinski definition) is 7. The number of nitrogens with zero attached hydrogens (tertiary/aromatic N) is 1. The van der Waals surface area contributed by atoms with Gasteiger partial charge in [0.1, 0.15) is 11.6 Å². The van der Waals surface area contributed by atoms with Gasteiger partial charge >= 0.3 is 12.1 Å². The zero-order valence-electron chi connectivity index (χ0n) is 21.7. The fourth-order valence-corrected chi connectivity index (χ4v) is 5.90. The summed E-state index contributed by atoms with van der Waals surface area (Å²) in [6.07, 6.45) is -5.15. The van der Waals surface area contributed by atoms with E-state index in [1.54, 1.807) is 0 Å². The minimum absolute atomic E-state index is 0.234. The molecule has 3 aliphatic rings. The lowest BCUT2D eigenvalue weighted by atomic mass is 9.57. The molecule has 12 nitrogen and oxygen atoms in total. The number of ketones is 2. The van der Waals surface area contributed by atoms with Crippen molar-refractivity contribution in [3.63, 3.8) is 0 Å². The summed E-state index contributed by atoms with van der Waals surface area (Å²) < 4.78 is 52.2. The Morgan fingerprint density at radius 3 is 2.39 bits per heavy atom. The summed E-state index contributed by atoms with van der Waals surface area (Å²) in [4.78, 5) is 52.4. The zero-order chi connectivity index (χ0) is 30.8. The van der Waals surface area contributed by atoms with Gasteiger partial charge in [0, 0.05) is 23.1 Å². The second-order valence-corrected chi connectivity index (χ2v) is 10.4. The van der Waals surface area contributed by atoms with Crippen LogP contribution in [0.15, 0.2) is 23.0 Å². The Bertz CT molecular complexity index is 1440. The van der Waals surface area contributed by atoms with E-state index in [9.17, 15) is 52.8 Å². The summed E-state index contributed by atoms with van der Waals surface area (Å²) in [5.41, 5.74) is -2.64. The highest BCUT2D eigenvalue weighted by Crippen LogP contribution is 2.53. The number of phenolic OH excluding ortho intramolecular Hbond substituents is 1. The number of rotatable bonds is 6. The monoisotopic (exact) mass is 587 g/mol. The molecule has 222 valence electrons. The van der Waals surface area contributed by atoms with Gasteiger partial charge in [0.2, 0.25) is 11.7 Å². The van der Waals surface area contributed by atoms with Crippen molar-refractivity contribution in [3.05, 3.63) is 39.9 Å². The summed E-state index contributed by atoms with van der Waals surface area (Å²) in [6, 6.07) is -0.574. The molecule has 0 heterocycles. The molecule has 9 N–H and O–H groups in total. The number of aliphatic hydroxyl groups is 3. The van der Waals surface area contributed by atoms with Gasteiger partial charge in [-0.3, -0.25) is 25.0 Å². The quantitative estimate of drug-likeness (QED) is 0.129. The van der Waals surface area contributed by atoms with Gasteiger partial charge in [-0.1, -0.05) is 0 Å². The molecule has 1 fully saturated rings. The van der Waals surface area contributed by atoms with Crippen LogP contribution in [0, 0.1) is 17.7 Å². The van der Waals surface area contributed by atoms with Crippen LogP contribution >= 0.6 is 0 Å². The number of quaternary nitrogens is 1. The first-order valence-electron chi connectivity index (χ1n) is 12.2. The van der Waals surface area contributed by atoms with E-state index in [2.05, 4.69) is 5.73 Å². The molecular weight excluding hydrogens is 560 g/mol. The molecule has 1 aromatic carbocycles. The van der Waals surface area contributed by atoms with Crippen LogP contribution in [-0.4, -0.2) is 93.7 Å². The molecule has 0 saturated heterocycles. The number of anilines is 1. The Labute approximate surface area is 229 Å². The van der Waals surface area contributed by atoms with Crippen LogP contribution in [0.2, 0.25) is 0 Å². The first kappa shape index (κ1) is 30.1. The number of fused-ring (bicyclic) bond motifs is 3. The van der Waals surface area contributed by atoms with Crippen molar-refractivity contribution in [2.24, 2.45) is 11.8 Å². The average Bonchev–Trinajstić information content (AvgIpc) is 2.83. The zero-order valence-corrected chi connectivity index (χ0v) is 21.7. The van der Waals surface area contributed by atoms with Crippen LogP contribution < -0.4 is 16.4 Å². The Hall–Kier alpha value is -3.86. The van der Waals surface area contributed by atoms with E-state index in [0.717, 1.165) is 0 Å². The van der Waals surface area contributed by atoms with Crippen molar-refractivity contribution in [3.8, 4) is 5.75 Å². The van der Waals surface area contributed by atoms with Gasteiger partial charge in [0.15, 0.2) is 28.5 Å². The lowest BCUT2D eigenvalue weighted by molar-refractivity contribution is -0.299. The summed E-state index contributed by atoms with van der Waals surface area (Å²) in [5, 5.41) is 48.2. The topological polar surface area (TPSA) is 204 Å². The van der Waals surface area contributed by atoms with E-state index in [1.165, 1.54) is 19.0 Å². The van der Waals surface area contributed by atoms with Gasteiger partial charge in [-0.15, -0.1) is 0 Å². The number of aromatic hydroxyl groups is 1. The van der Waals surface area contributed by atoms with Crippen LogP contribution in [0.4, 0.5) is 23.2 Å². The fourth-order valence-electron chi connectivity index (χ4n) is 5.90. The average molecular weight is 588 g/mol. The number of nitrogens with one attached hydrogen (secondary N) is 2. The second kappa shape index (κ2) is 10.2. The molecule has 16 heteroatoms. The number of alkyl halides is 3. The van der Waals surface area contributed by atoms with Crippen molar-refractivity contribution >= 4 is 34.8 Å². The maximum absolute atomic E-state index is 15.2. The molecule has 0 radical (unpaired) electrons.